The van der Waals surface area contributed by atoms with Gasteiger partial charge in [0.2, 0.25) is 0 Å². The van der Waals surface area contributed by atoms with Crippen LogP contribution in [0.2, 0.25) is 5.02 Å². The molecule has 0 aromatic heterocycles. The van der Waals surface area contributed by atoms with Crippen molar-refractivity contribution in [2.75, 3.05) is 5.32 Å². The molecule has 2 N–H and O–H groups in total. The molecule has 2 atom stereocenters. The van der Waals surface area contributed by atoms with Crippen LogP contribution in [0.15, 0.2) is 47.4 Å². The largest absolute Gasteiger partial charge is 0.393 e. The first kappa shape index (κ1) is 19.2. The van der Waals surface area contributed by atoms with Gasteiger partial charge >= 0.3 is 0 Å². The van der Waals surface area contributed by atoms with E-state index in [1.807, 2.05) is 18.2 Å². The van der Waals surface area contributed by atoms with E-state index in [0.29, 0.717) is 16.5 Å². The fourth-order valence-corrected chi connectivity index (χ4v) is 4.60. The minimum atomic E-state index is -0.520. The van der Waals surface area contributed by atoms with Crippen molar-refractivity contribution in [1.29, 1.82) is 0 Å². The molecule has 0 aliphatic heterocycles. The summed E-state index contributed by atoms with van der Waals surface area (Å²) in [6, 6.07) is 11.5. The Kier molecular flexibility index (Phi) is 6.57. The zero-order valence-electron chi connectivity index (χ0n) is 14.3. The van der Waals surface area contributed by atoms with Crippen molar-refractivity contribution in [3.8, 4) is 0 Å². The molecule has 26 heavy (non-hydrogen) atoms. The van der Waals surface area contributed by atoms with Gasteiger partial charge in [-0.05, 0) is 55.7 Å². The van der Waals surface area contributed by atoms with Gasteiger partial charge in [0.15, 0.2) is 0 Å². The third-order valence-corrected chi connectivity index (χ3v) is 6.00. The van der Waals surface area contributed by atoms with Gasteiger partial charge in [-0.15, -0.1) is 11.8 Å². The number of carbonyl (C=O) groups excluding carboxylic acids is 1. The molecule has 1 aliphatic carbocycles. The second-order valence-corrected chi connectivity index (χ2v) is 8.31. The molecule has 0 radical (unpaired) electrons. The number of thioether (sulfide) groups is 1. The third-order valence-electron chi connectivity index (χ3n) is 4.42. The lowest BCUT2D eigenvalue weighted by Gasteiger charge is -2.16. The molecular weight excluding hydrogens is 373 g/mol. The summed E-state index contributed by atoms with van der Waals surface area (Å²) in [7, 11) is 0. The summed E-state index contributed by atoms with van der Waals surface area (Å²) in [5.74, 6) is -0.787. The molecule has 1 aliphatic rings. The predicted molar refractivity (Wildman–Crippen MR) is 105 cm³/mol. The van der Waals surface area contributed by atoms with Crippen molar-refractivity contribution < 1.29 is 14.3 Å². The second kappa shape index (κ2) is 8.89. The minimum Gasteiger partial charge on any atom is -0.393 e. The number of benzene rings is 2. The Morgan fingerprint density at radius 1 is 1.19 bits per heavy atom. The van der Waals surface area contributed by atoms with Crippen molar-refractivity contribution in [3.05, 3.63) is 58.9 Å². The molecule has 1 amide bonds. The number of hydrogen-bond acceptors (Lipinski definition) is 3. The Hall–Kier alpha value is -1.56. The standard InChI is InChI=1S/C20H21ClFNO2S/c21-18-11-14(8-9-19(18)22)23-20(25)13-4-3-7-16(10-13)26-17-6-2-1-5-15(24)12-17/h3-4,7-11,15,17,24H,1-2,5-6,12H2,(H,23,25)/t15-,17?/m1/s1. The quantitative estimate of drug-likeness (QED) is 0.672. The van der Waals surface area contributed by atoms with Crippen LogP contribution in [0, 0.1) is 5.82 Å². The van der Waals surface area contributed by atoms with Crippen LogP contribution < -0.4 is 5.32 Å². The molecule has 3 rings (SSSR count). The van der Waals surface area contributed by atoms with E-state index in [4.69, 9.17) is 11.6 Å². The van der Waals surface area contributed by atoms with Crippen molar-refractivity contribution in [1.82, 2.24) is 0 Å². The maximum absolute atomic E-state index is 13.2. The monoisotopic (exact) mass is 393 g/mol. The van der Waals surface area contributed by atoms with E-state index >= 15 is 0 Å². The van der Waals surface area contributed by atoms with E-state index in [-0.39, 0.29) is 17.0 Å². The third kappa shape index (κ3) is 5.22. The average Bonchev–Trinajstić information content (AvgIpc) is 2.82. The molecule has 1 fully saturated rings. The molecule has 6 heteroatoms. The van der Waals surface area contributed by atoms with Crippen molar-refractivity contribution in [2.24, 2.45) is 0 Å². The van der Waals surface area contributed by atoms with E-state index in [0.717, 1.165) is 37.0 Å². The summed E-state index contributed by atoms with van der Waals surface area (Å²) in [6.45, 7) is 0. The number of aliphatic hydroxyl groups is 1. The molecule has 0 heterocycles. The first-order valence-electron chi connectivity index (χ1n) is 8.72. The molecule has 2 aromatic rings. The van der Waals surface area contributed by atoms with Crippen LogP contribution in [0.3, 0.4) is 0 Å². The zero-order chi connectivity index (χ0) is 18.5. The fraction of sp³-hybridized carbons (Fsp3) is 0.350. The molecule has 2 aromatic carbocycles. The van der Waals surface area contributed by atoms with Gasteiger partial charge in [-0.1, -0.05) is 30.5 Å². The van der Waals surface area contributed by atoms with Crippen LogP contribution in [-0.2, 0) is 0 Å². The van der Waals surface area contributed by atoms with Crippen LogP contribution in [-0.4, -0.2) is 22.4 Å². The number of carbonyl (C=O) groups is 1. The second-order valence-electron chi connectivity index (χ2n) is 6.52. The first-order valence-corrected chi connectivity index (χ1v) is 9.98. The lowest BCUT2D eigenvalue weighted by molar-refractivity contribution is 0.102. The number of rotatable bonds is 4. The summed E-state index contributed by atoms with van der Waals surface area (Å²) in [4.78, 5) is 13.5. The van der Waals surface area contributed by atoms with Gasteiger partial charge in [-0.25, -0.2) is 4.39 Å². The number of anilines is 1. The summed E-state index contributed by atoms with van der Waals surface area (Å²) in [5, 5.41) is 13.0. The molecule has 1 unspecified atom stereocenters. The van der Waals surface area contributed by atoms with Gasteiger partial charge in [0.25, 0.3) is 5.91 Å². The average molecular weight is 394 g/mol. The highest BCUT2D eigenvalue weighted by Gasteiger charge is 2.19. The van der Waals surface area contributed by atoms with Gasteiger partial charge < -0.3 is 10.4 Å². The summed E-state index contributed by atoms with van der Waals surface area (Å²) in [5.41, 5.74) is 0.982. The molecule has 138 valence electrons. The Morgan fingerprint density at radius 2 is 2.00 bits per heavy atom. The van der Waals surface area contributed by atoms with E-state index in [1.165, 1.54) is 18.2 Å². The Bertz CT molecular complexity index is 786. The van der Waals surface area contributed by atoms with Gasteiger partial charge in [-0.3, -0.25) is 4.79 Å². The SMILES string of the molecule is O=C(Nc1ccc(F)c(Cl)c1)c1cccc(SC2CCCC[C@@H](O)C2)c1. The number of aliphatic hydroxyl groups excluding tert-OH is 1. The van der Waals surface area contributed by atoms with Crippen LogP contribution in [0.5, 0.6) is 0 Å². The maximum atomic E-state index is 13.2. The number of halogens is 2. The van der Waals surface area contributed by atoms with Crippen molar-refractivity contribution in [2.45, 2.75) is 48.4 Å². The molecule has 0 saturated heterocycles. The van der Waals surface area contributed by atoms with E-state index in [9.17, 15) is 14.3 Å². The van der Waals surface area contributed by atoms with Crippen molar-refractivity contribution >= 4 is 35.0 Å². The molecule has 0 bridgehead atoms. The topological polar surface area (TPSA) is 49.3 Å². The summed E-state index contributed by atoms with van der Waals surface area (Å²) >= 11 is 7.47. The number of amides is 1. The minimum absolute atomic E-state index is 0.0287. The zero-order valence-corrected chi connectivity index (χ0v) is 15.8. The van der Waals surface area contributed by atoms with E-state index < -0.39 is 5.82 Å². The molecular formula is C20H21ClFNO2S. The Morgan fingerprint density at radius 3 is 2.81 bits per heavy atom. The number of nitrogens with one attached hydrogen (secondary N) is 1. The lowest BCUT2D eigenvalue weighted by Crippen LogP contribution is -2.13. The predicted octanol–water partition coefficient (Wildman–Crippen LogP) is 5.52. The normalized spacial score (nSPS) is 20.4. The van der Waals surface area contributed by atoms with Crippen molar-refractivity contribution in [3.63, 3.8) is 0 Å². The van der Waals surface area contributed by atoms with Gasteiger partial charge in [0.05, 0.1) is 11.1 Å². The van der Waals surface area contributed by atoms with E-state index in [1.54, 1.807) is 17.8 Å². The highest BCUT2D eigenvalue weighted by Crippen LogP contribution is 2.33. The highest BCUT2D eigenvalue weighted by molar-refractivity contribution is 8.00. The molecule has 3 nitrogen and oxygen atoms in total. The van der Waals surface area contributed by atoms with E-state index in [2.05, 4.69) is 5.32 Å². The summed E-state index contributed by atoms with van der Waals surface area (Å²) in [6.07, 6.45) is 4.70. The maximum Gasteiger partial charge on any atom is 0.255 e. The van der Waals surface area contributed by atoms with Crippen LogP contribution in [0.25, 0.3) is 0 Å². The van der Waals surface area contributed by atoms with Crippen LogP contribution >= 0.6 is 23.4 Å². The van der Waals surface area contributed by atoms with Crippen LogP contribution in [0.4, 0.5) is 10.1 Å². The first-order chi connectivity index (χ1) is 12.5. The Balaban J connectivity index is 1.67. The fourth-order valence-electron chi connectivity index (χ4n) is 3.08. The smallest absolute Gasteiger partial charge is 0.255 e. The van der Waals surface area contributed by atoms with Crippen LogP contribution in [0.1, 0.15) is 42.5 Å². The van der Waals surface area contributed by atoms with Gasteiger partial charge in [-0.2, -0.15) is 0 Å². The summed E-state index contributed by atoms with van der Waals surface area (Å²) < 4.78 is 13.2. The molecule has 1 saturated carbocycles. The lowest BCUT2D eigenvalue weighted by atomic mass is 10.2. The Labute approximate surface area is 161 Å². The van der Waals surface area contributed by atoms with Gasteiger partial charge in [0.1, 0.15) is 5.82 Å². The highest BCUT2D eigenvalue weighted by atomic mass is 35.5. The van der Waals surface area contributed by atoms with Gasteiger partial charge in [0, 0.05) is 21.4 Å². The molecule has 0 spiro atoms. The number of hydrogen-bond donors (Lipinski definition) is 2.